The van der Waals surface area contributed by atoms with Crippen molar-refractivity contribution in [1.82, 2.24) is 10.2 Å². The van der Waals surface area contributed by atoms with Crippen LogP contribution in [0.25, 0.3) is 0 Å². The molecular weight excluding hydrogens is 220 g/mol. The summed E-state index contributed by atoms with van der Waals surface area (Å²) in [6.07, 6.45) is 5.06. The molecule has 0 aromatic rings. The number of nitrogens with one attached hydrogen (secondary N) is 1. The predicted molar refractivity (Wildman–Crippen MR) is 69.4 cm³/mol. The third-order valence-electron chi connectivity index (χ3n) is 2.90. The summed E-state index contributed by atoms with van der Waals surface area (Å²) in [5.74, 6) is 0.644. The molecule has 90 valence electrons. The fourth-order valence-electron chi connectivity index (χ4n) is 1.90. The summed E-state index contributed by atoms with van der Waals surface area (Å²) in [5, 5.41) is 11.8. The number of hydrogen-bond acceptors (Lipinski definition) is 4. The summed E-state index contributed by atoms with van der Waals surface area (Å²) in [6, 6.07) is 0.631. The van der Waals surface area contributed by atoms with Gasteiger partial charge in [0.15, 0.2) is 11.4 Å². The maximum atomic E-state index is 8.51. The van der Waals surface area contributed by atoms with Crippen molar-refractivity contribution in [2.45, 2.75) is 26.3 Å². The van der Waals surface area contributed by atoms with Gasteiger partial charge in [-0.05, 0) is 39.0 Å². The van der Waals surface area contributed by atoms with Gasteiger partial charge in [-0.1, -0.05) is 11.8 Å². The van der Waals surface area contributed by atoms with E-state index in [9.17, 15) is 0 Å². The first-order valence-corrected chi connectivity index (χ1v) is 6.87. The van der Waals surface area contributed by atoms with Crippen molar-refractivity contribution in [2.75, 3.05) is 25.9 Å². The number of nitriles is 1. The van der Waals surface area contributed by atoms with Crippen LogP contribution in [0.4, 0.5) is 0 Å². The third kappa shape index (κ3) is 4.03. The molecule has 0 aliphatic carbocycles. The normalized spacial score (nSPS) is 22.4. The molecular formula is C11H20N4S. The monoisotopic (exact) mass is 240 g/mol. The Kier molecular flexibility index (Phi) is 5.64. The van der Waals surface area contributed by atoms with E-state index in [1.165, 1.54) is 24.7 Å². The van der Waals surface area contributed by atoms with Crippen LogP contribution in [0.1, 0.15) is 20.3 Å². The van der Waals surface area contributed by atoms with Crippen molar-refractivity contribution in [2.24, 2.45) is 10.9 Å². The van der Waals surface area contributed by atoms with Crippen LogP contribution in [0.3, 0.4) is 0 Å². The molecule has 1 fully saturated rings. The van der Waals surface area contributed by atoms with Crippen molar-refractivity contribution in [3.63, 3.8) is 0 Å². The number of aliphatic imine (C=N–C) groups is 1. The van der Waals surface area contributed by atoms with E-state index < -0.39 is 0 Å². The second-order valence-corrected chi connectivity index (χ2v) is 5.13. The van der Waals surface area contributed by atoms with Crippen molar-refractivity contribution in [3.05, 3.63) is 0 Å². The third-order valence-corrected chi connectivity index (χ3v) is 3.51. The van der Waals surface area contributed by atoms with Crippen LogP contribution in [0.15, 0.2) is 4.99 Å². The lowest BCUT2D eigenvalue weighted by Gasteiger charge is -2.19. The molecule has 5 heteroatoms. The molecule has 16 heavy (non-hydrogen) atoms. The predicted octanol–water partition coefficient (Wildman–Crippen LogP) is 1.51. The first kappa shape index (κ1) is 13.3. The van der Waals surface area contributed by atoms with Gasteiger partial charge in [0.25, 0.3) is 0 Å². The van der Waals surface area contributed by atoms with Crippen molar-refractivity contribution in [1.29, 1.82) is 5.26 Å². The number of likely N-dealkylation sites (tertiary alicyclic amines) is 1. The van der Waals surface area contributed by atoms with Crippen LogP contribution < -0.4 is 5.32 Å². The van der Waals surface area contributed by atoms with Gasteiger partial charge in [-0.25, -0.2) is 0 Å². The van der Waals surface area contributed by atoms with E-state index in [0.717, 1.165) is 18.3 Å². The van der Waals surface area contributed by atoms with Gasteiger partial charge in [-0.2, -0.15) is 5.26 Å². The average molecular weight is 240 g/mol. The Morgan fingerprint density at radius 3 is 2.94 bits per heavy atom. The molecule has 1 aliphatic rings. The van der Waals surface area contributed by atoms with Crippen LogP contribution >= 0.6 is 11.8 Å². The van der Waals surface area contributed by atoms with E-state index >= 15 is 0 Å². The lowest BCUT2D eigenvalue weighted by molar-refractivity contribution is 0.266. The Morgan fingerprint density at radius 2 is 2.44 bits per heavy atom. The molecule has 1 aliphatic heterocycles. The minimum Gasteiger partial charge on any atom is -0.301 e. The SMILES string of the molecule is CSC(=NCC1CCN(C(C)C)C1)NC#N. The van der Waals surface area contributed by atoms with E-state index in [1.807, 2.05) is 12.4 Å². The minimum atomic E-state index is 0.631. The highest BCUT2D eigenvalue weighted by molar-refractivity contribution is 8.13. The molecule has 1 N–H and O–H groups in total. The van der Waals surface area contributed by atoms with Crippen LogP contribution in [0.2, 0.25) is 0 Å². The zero-order chi connectivity index (χ0) is 12.0. The summed E-state index contributed by atoms with van der Waals surface area (Å²) in [7, 11) is 0. The topological polar surface area (TPSA) is 51.4 Å². The van der Waals surface area contributed by atoms with Gasteiger partial charge in [0.1, 0.15) is 0 Å². The molecule has 1 atom stereocenters. The Morgan fingerprint density at radius 1 is 1.69 bits per heavy atom. The quantitative estimate of drug-likeness (QED) is 0.351. The lowest BCUT2D eigenvalue weighted by Crippen LogP contribution is -2.28. The number of amidine groups is 1. The number of hydrogen-bond donors (Lipinski definition) is 1. The zero-order valence-corrected chi connectivity index (χ0v) is 11.0. The molecule has 1 heterocycles. The average Bonchev–Trinajstić information content (AvgIpc) is 2.73. The van der Waals surface area contributed by atoms with Crippen LogP contribution in [-0.2, 0) is 0 Å². The highest BCUT2D eigenvalue weighted by Crippen LogP contribution is 2.18. The summed E-state index contributed by atoms with van der Waals surface area (Å²) >= 11 is 1.49. The highest BCUT2D eigenvalue weighted by Gasteiger charge is 2.23. The highest BCUT2D eigenvalue weighted by atomic mass is 32.2. The summed E-state index contributed by atoms with van der Waals surface area (Å²) < 4.78 is 0. The van der Waals surface area contributed by atoms with Gasteiger partial charge in [-0.15, -0.1) is 0 Å². The summed E-state index contributed by atoms with van der Waals surface area (Å²) in [6.45, 7) is 7.61. The molecule has 0 bridgehead atoms. The number of nitrogens with zero attached hydrogens (tertiary/aromatic N) is 3. The molecule has 0 amide bonds. The fourth-order valence-corrected chi connectivity index (χ4v) is 2.25. The van der Waals surface area contributed by atoms with E-state index in [-0.39, 0.29) is 0 Å². The van der Waals surface area contributed by atoms with Gasteiger partial charge >= 0.3 is 0 Å². The Labute approximate surface area is 102 Å². The van der Waals surface area contributed by atoms with Crippen LogP contribution in [0, 0.1) is 17.4 Å². The first-order valence-electron chi connectivity index (χ1n) is 5.65. The van der Waals surface area contributed by atoms with E-state index in [4.69, 9.17) is 5.26 Å². The molecule has 0 aromatic heterocycles. The largest absolute Gasteiger partial charge is 0.301 e. The van der Waals surface area contributed by atoms with Crippen molar-refractivity contribution < 1.29 is 0 Å². The van der Waals surface area contributed by atoms with Crippen molar-refractivity contribution >= 4 is 16.9 Å². The van der Waals surface area contributed by atoms with Gasteiger partial charge in [-0.3, -0.25) is 10.3 Å². The van der Waals surface area contributed by atoms with E-state index in [1.54, 1.807) is 0 Å². The number of thioether (sulfide) groups is 1. The van der Waals surface area contributed by atoms with Gasteiger partial charge in [0.2, 0.25) is 0 Å². The second kappa shape index (κ2) is 6.77. The molecule has 0 saturated carbocycles. The van der Waals surface area contributed by atoms with Gasteiger partial charge in [0.05, 0.1) is 0 Å². The minimum absolute atomic E-state index is 0.631. The molecule has 0 spiro atoms. The Hall–Kier alpha value is -0.730. The molecule has 4 nitrogen and oxygen atoms in total. The smallest absolute Gasteiger partial charge is 0.183 e. The molecule has 0 aromatic carbocycles. The first-order chi connectivity index (χ1) is 7.67. The Balaban J connectivity index is 2.37. The van der Waals surface area contributed by atoms with E-state index in [0.29, 0.717) is 12.0 Å². The Bertz CT molecular complexity index is 282. The van der Waals surface area contributed by atoms with Crippen molar-refractivity contribution in [3.8, 4) is 6.19 Å². The fraction of sp³-hybridized carbons (Fsp3) is 0.818. The number of rotatable bonds is 3. The van der Waals surface area contributed by atoms with E-state index in [2.05, 4.69) is 29.1 Å². The van der Waals surface area contributed by atoms with Gasteiger partial charge in [0, 0.05) is 19.1 Å². The lowest BCUT2D eigenvalue weighted by atomic mass is 10.1. The molecule has 0 radical (unpaired) electrons. The van der Waals surface area contributed by atoms with Crippen LogP contribution in [-0.4, -0.2) is 42.0 Å². The molecule has 1 unspecified atom stereocenters. The maximum Gasteiger partial charge on any atom is 0.183 e. The molecule has 1 rings (SSSR count). The van der Waals surface area contributed by atoms with Gasteiger partial charge < -0.3 is 4.90 Å². The summed E-state index contributed by atoms with van der Waals surface area (Å²) in [5.41, 5.74) is 0. The second-order valence-electron chi connectivity index (χ2n) is 4.33. The summed E-state index contributed by atoms with van der Waals surface area (Å²) in [4.78, 5) is 6.91. The zero-order valence-electron chi connectivity index (χ0n) is 10.2. The van der Waals surface area contributed by atoms with Crippen LogP contribution in [0.5, 0.6) is 0 Å². The molecule has 1 saturated heterocycles. The standard InChI is InChI=1S/C11H20N4S/c1-9(2)15-5-4-10(7-15)6-13-11(16-3)14-8-12/h9-10H,4-7H2,1-3H3,(H,13,14). The maximum absolute atomic E-state index is 8.51.